The summed E-state index contributed by atoms with van der Waals surface area (Å²) in [4.78, 5) is 18.9. The molecule has 1 amide bonds. The normalized spacial score (nSPS) is 16.8. The quantitative estimate of drug-likeness (QED) is 0.314. The Balaban J connectivity index is 1.60. The molecule has 1 aliphatic rings. The van der Waals surface area contributed by atoms with Gasteiger partial charge in [0, 0.05) is 36.6 Å². The van der Waals surface area contributed by atoms with Gasteiger partial charge in [-0.1, -0.05) is 18.2 Å². The summed E-state index contributed by atoms with van der Waals surface area (Å²) in [6, 6.07) is 23.4. The van der Waals surface area contributed by atoms with Crippen molar-refractivity contribution in [2.24, 2.45) is 0 Å². The second kappa shape index (κ2) is 11.0. The Kier molecular flexibility index (Phi) is 7.39. The zero-order valence-electron chi connectivity index (χ0n) is 21.4. The van der Waals surface area contributed by atoms with Crippen molar-refractivity contribution in [2.45, 2.75) is 19.0 Å². The molecule has 5 rings (SSSR count). The van der Waals surface area contributed by atoms with Crippen molar-refractivity contribution in [1.82, 2.24) is 14.9 Å². The lowest BCUT2D eigenvalue weighted by atomic mass is 10.00. The molecule has 1 fully saturated rings. The number of nitrogens with zero attached hydrogens (tertiary/aromatic N) is 3. The molecule has 9 heteroatoms. The summed E-state index contributed by atoms with van der Waals surface area (Å²) >= 11 is 5.91. The fraction of sp³-hybridized carbons (Fsp3) is 0.207. The lowest BCUT2D eigenvalue weighted by Crippen LogP contribution is -2.30. The Morgan fingerprint density at radius 1 is 1.08 bits per heavy atom. The van der Waals surface area contributed by atoms with Crippen LogP contribution in [-0.2, 0) is 9.53 Å². The molecule has 38 heavy (non-hydrogen) atoms. The summed E-state index contributed by atoms with van der Waals surface area (Å²) < 4.78 is 12.8. The molecule has 2 aromatic carbocycles. The Bertz CT molecular complexity index is 1460. The first-order valence-electron chi connectivity index (χ1n) is 12.2. The third-order valence-corrected chi connectivity index (χ3v) is 6.88. The van der Waals surface area contributed by atoms with Gasteiger partial charge < -0.3 is 29.6 Å². The van der Waals surface area contributed by atoms with E-state index in [2.05, 4.69) is 31.2 Å². The van der Waals surface area contributed by atoms with Crippen LogP contribution in [0.1, 0.15) is 29.0 Å². The maximum absolute atomic E-state index is 12.1. The fourth-order valence-corrected chi connectivity index (χ4v) is 5.22. The average molecular weight is 528 g/mol. The van der Waals surface area contributed by atoms with Crippen LogP contribution in [0.5, 0.6) is 5.75 Å². The number of rotatable bonds is 8. The number of aryl methyl sites for hydroxylation is 1. The van der Waals surface area contributed by atoms with Crippen molar-refractivity contribution in [3.8, 4) is 11.4 Å². The van der Waals surface area contributed by atoms with Gasteiger partial charge in [-0.3, -0.25) is 9.78 Å². The van der Waals surface area contributed by atoms with Crippen LogP contribution in [0.25, 0.3) is 5.69 Å². The number of ether oxygens (including phenoxy) is 2. The number of nitrogens with one attached hydrogen (secondary N) is 2. The third kappa shape index (κ3) is 4.85. The highest BCUT2D eigenvalue weighted by molar-refractivity contribution is 7.80. The van der Waals surface area contributed by atoms with Gasteiger partial charge in [0.15, 0.2) is 5.11 Å². The van der Waals surface area contributed by atoms with Crippen LogP contribution in [-0.4, -0.2) is 41.4 Å². The second-order valence-corrected chi connectivity index (χ2v) is 9.34. The van der Waals surface area contributed by atoms with Crippen molar-refractivity contribution in [2.75, 3.05) is 31.0 Å². The fourth-order valence-electron chi connectivity index (χ4n) is 4.87. The van der Waals surface area contributed by atoms with Crippen molar-refractivity contribution in [1.29, 1.82) is 0 Å². The molecule has 1 aliphatic heterocycles. The molecule has 0 radical (unpaired) electrons. The number of methoxy groups -OCH3 is 2. The lowest BCUT2D eigenvalue weighted by Gasteiger charge is -2.29. The van der Waals surface area contributed by atoms with E-state index >= 15 is 0 Å². The van der Waals surface area contributed by atoms with Crippen LogP contribution in [0.3, 0.4) is 0 Å². The van der Waals surface area contributed by atoms with Gasteiger partial charge in [-0.25, -0.2) is 0 Å². The van der Waals surface area contributed by atoms with Crippen LogP contribution < -0.4 is 20.3 Å². The van der Waals surface area contributed by atoms with E-state index in [0.717, 1.165) is 39.8 Å². The molecular formula is C29H29N5O3S. The summed E-state index contributed by atoms with van der Waals surface area (Å²) in [7, 11) is 3.17. The Labute approximate surface area is 227 Å². The monoisotopic (exact) mass is 527 g/mol. The largest absolute Gasteiger partial charge is 0.495 e. The minimum absolute atomic E-state index is 0.00487. The molecule has 2 atom stereocenters. The molecule has 8 nitrogen and oxygen atoms in total. The van der Waals surface area contributed by atoms with E-state index in [4.69, 9.17) is 21.7 Å². The molecule has 2 N–H and O–H groups in total. The van der Waals surface area contributed by atoms with E-state index < -0.39 is 0 Å². The predicted octanol–water partition coefficient (Wildman–Crippen LogP) is 4.95. The van der Waals surface area contributed by atoms with E-state index in [1.54, 1.807) is 13.3 Å². The highest BCUT2D eigenvalue weighted by Gasteiger charge is 2.42. The van der Waals surface area contributed by atoms with E-state index in [0.29, 0.717) is 5.11 Å². The first kappa shape index (κ1) is 25.4. The molecule has 0 saturated carbocycles. The molecule has 0 bridgehead atoms. The minimum atomic E-state index is -0.217. The molecule has 0 unspecified atom stereocenters. The van der Waals surface area contributed by atoms with E-state index in [1.807, 2.05) is 79.9 Å². The zero-order valence-corrected chi connectivity index (χ0v) is 22.2. The number of anilines is 2. The van der Waals surface area contributed by atoms with Crippen molar-refractivity contribution in [3.05, 3.63) is 102 Å². The van der Waals surface area contributed by atoms with Crippen LogP contribution in [0, 0.1) is 6.92 Å². The van der Waals surface area contributed by atoms with Gasteiger partial charge in [-0.15, -0.1) is 0 Å². The van der Waals surface area contributed by atoms with Crippen LogP contribution in [0.4, 0.5) is 11.4 Å². The van der Waals surface area contributed by atoms with Crippen LogP contribution in [0.2, 0.25) is 0 Å². The van der Waals surface area contributed by atoms with Gasteiger partial charge >= 0.3 is 0 Å². The second-order valence-electron chi connectivity index (χ2n) is 8.95. The maximum Gasteiger partial charge on any atom is 0.250 e. The number of para-hydroxylation sites is 2. The first-order valence-corrected chi connectivity index (χ1v) is 12.6. The molecular weight excluding hydrogens is 498 g/mol. The number of pyridine rings is 1. The number of aromatic nitrogens is 2. The van der Waals surface area contributed by atoms with E-state index in [9.17, 15) is 4.79 Å². The molecule has 194 valence electrons. The van der Waals surface area contributed by atoms with Crippen molar-refractivity contribution >= 4 is 34.6 Å². The summed E-state index contributed by atoms with van der Waals surface area (Å²) in [5.74, 6) is 0.566. The van der Waals surface area contributed by atoms with Crippen molar-refractivity contribution in [3.63, 3.8) is 0 Å². The maximum atomic E-state index is 12.1. The topological polar surface area (TPSA) is 80.7 Å². The van der Waals surface area contributed by atoms with Crippen LogP contribution in [0.15, 0.2) is 85.2 Å². The van der Waals surface area contributed by atoms with Crippen LogP contribution >= 0.6 is 12.2 Å². The van der Waals surface area contributed by atoms with E-state index in [-0.39, 0.29) is 24.6 Å². The highest BCUT2D eigenvalue weighted by Crippen LogP contribution is 2.43. The molecule has 2 aromatic heterocycles. The number of carbonyl (C=O) groups excluding carboxylic acids is 1. The molecule has 0 aliphatic carbocycles. The molecule has 4 aromatic rings. The summed E-state index contributed by atoms with van der Waals surface area (Å²) in [6.07, 6.45) is 3.82. The smallest absolute Gasteiger partial charge is 0.250 e. The number of thiocarbonyl (C=S) groups is 1. The first-order chi connectivity index (χ1) is 18.5. The number of hydrogen-bond acceptors (Lipinski definition) is 5. The zero-order chi connectivity index (χ0) is 26.6. The number of amides is 1. The summed E-state index contributed by atoms with van der Waals surface area (Å²) in [5, 5.41) is 7.00. The van der Waals surface area contributed by atoms with E-state index in [1.165, 1.54) is 7.11 Å². The minimum Gasteiger partial charge on any atom is -0.495 e. The van der Waals surface area contributed by atoms with Gasteiger partial charge in [0.2, 0.25) is 5.91 Å². The Morgan fingerprint density at radius 3 is 2.63 bits per heavy atom. The van der Waals surface area contributed by atoms with Gasteiger partial charge in [-0.05, 0) is 79.3 Å². The molecule has 3 heterocycles. The summed E-state index contributed by atoms with van der Waals surface area (Å²) in [6.45, 7) is 1.95. The van der Waals surface area contributed by atoms with Crippen molar-refractivity contribution < 1.29 is 14.3 Å². The standard InChI is InChI=1S/C29H29N5O3S/c1-19-17-20(13-14-21(19)31-26(35)18-36-2)34-28(27(32-29(34)38)22-9-6-7-15-30-22)24-11-8-16-33(24)23-10-4-5-12-25(23)37-3/h4-17,27-28H,18H2,1-3H3,(H,31,35)(H,32,38)/t27-,28+/m0/s1. The third-order valence-electron chi connectivity index (χ3n) is 6.56. The van der Waals surface area contributed by atoms with Gasteiger partial charge in [0.1, 0.15) is 18.4 Å². The molecule has 1 saturated heterocycles. The van der Waals surface area contributed by atoms with Gasteiger partial charge in [-0.2, -0.15) is 0 Å². The molecule has 0 spiro atoms. The lowest BCUT2D eigenvalue weighted by molar-refractivity contribution is -0.119. The summed E-state index contributed by atoms with van der Waals surface area (Å²) in [5.41, 5.74) is 5.38. The number of hydrogen-bond donors (Lipinski definition) is 2. The van der Waals surface area contributed by atoms with Gasteiger partial charge in [0.05, 0.1) is 24.5 Å². The Hall–Kier alpha value is -4.21. The van der Waals surface area contributed by atoms with Gasteiger partial charge in [0.25, 0.3) is 0 Å². The Morgan fingerprint density at radius 2 is 1.89 bits per heavy atom. The number of benzene rings is 2. The SMILES string of the molecule is COCC(=O)Nc1ccc(N2C(=S)N[C@@H](c3ccccn3)[C@H]2c2cccn2-c2ccccc2OC)cc1C. The predicted molar refractivity (Wildman–Crippen MR) is 152 cm³/mol. The average Bonchev–Trinajstić information content (AvgIpc) is 3.54. The number of carbonyl (C=O) groups is 1. The highest BCUT2D eigenvalue weighted by atomic mass is 32.1.